The molecule has 2 N–H and O–H groups in total. The van der Waals surface area contributed by atoms with Crippen LogP contribution in [0.5, 0.6) is 0 Å². The normalized spacial score (nSPS) is 10.8. The van der Waals surface area contributed by atoms with E-state index in [-0.39, 0.29) is 0 Å². The first-order chi connectivity index (χ1) is 5.68. The number of hydrogen-bond donors (Lipinski definition) is 2. The Balaban J connectivity index is 2.92. The van der Waals surface area contributed by atoms with Crippen molar-refractivity contribution in [2.24, 2.45) is 0 Å². The van der Waals surface area contributed by atoms with Crippen LogP contribution in [0.25, 0.3) is 10.1 Å². The van der Waals surface area contributed by atoms with Crippen molar-refractivity contribution >= 4 is 51.3 Å². The summed E-state index contributed by atoms with van der Waals surface area (Å²) in [5, 5.41) is 3.62. The second-order valence-corrected chi connectivity index (χ2v) is 4.30. The zero-order valence-corrected chi connectivity index (χ0v) is 8.51. The molecule has 0 unspecified atom stereocenters. The number of halogens is 1. The molecule has 0 amide bonds. The van der Waals surface area contributed by atoms with Crippen LogP contribution >= 0.6 is 35.6 Å². The molecule has 1 aromatic heterocycles. The summed E-state index contributed by atoms with van der Waals surface area (Å²) in [6.45, 7) is 0. The minimum atomic E-state index is 0.745. The van der Waals surface area contributed by atoms with E-state index in [1.54, 1.807) is 11.3 Å². The molecule has 0 aliphatic heterocycles. The largest absolute Gasteiger partial charge is 0.398 e. The highest BCUT2D eigenvalue weighted by molar-refractivity contribution is 7.80. The summed E-state index contributed by atoms with van der Waals surface area (Å²) in [7, 11) is 0. The first kappa shape index (κ1) is 8.23. The van der Waals surface area contributed by atoms with E-state index < -0.39 is 0 Å². The van der Waals surface area contributed by atoms with Gasteiger partial charge in [0.2, 0.25) is 0 Å². The molecule has 2 aromatic rings. The quantitative estimate of drug-likeness (QED) is 0.511. The fraction of sp³-hybridized carbons (Fsp3) is 0. The zero-order valence-electron chi connectivity index (χ0n) is 6.04. The highest BCUT2D eigenvalue weighted by Gasteiger charge is 2.05. The molecule has 0 radical (unpaired) electrons. The second kappa shape index (κ2) is 2.83. The molecule has 4 heteroatoms. The highest BCUT2D eigenvalue weighted by atomic mass is 35.5. The third-order valence-electron chi connectivity index (χ3n) is 1.64. The maximum atomic E-state index is 5.94. The van der Waals surface area contributed by atoms with E-state index in [1.165, 1.54) is 0 Å². The van der Waals surface area contributed by atoms with Crippen molar-refractivity contribution in [2.75, 3.05) is 5.73 Å². The molecular formula is C8H6ClNS2. The monoisotopic (exact) mass is 215 g/mol. The SMILES string of the molecule is Nc1cc(S)cc2c(Cl)csc12. The van der Waals surface area contributed by atoms with E-state index in [4.69, 9.17) is 17.3 Å². The first-order valence-electron chi connectivity index (χ1n) is 3.33. The van der Waals surface area contributed by atoms with Crippen LogP contribution in [0.3, 0.4) is 0 Å². The van der Waals surface area contributed by atoms with Crippen LogP contribution in [0.1, 0.15) is 0 Å². The van der Waals surface area contributed by atoms with Crippen LogP contribution in [-0.2, 0) is 0 Å². The molecule has 0 aliphatic rings. The van der Waals surface area contributed by atoms with Gasteiger partial charge in [-0.15, -0.1) is 24.0 Å². The van der Waals surface area contributed by atoms with Gasteiger partial charge in [0.05, 0.1) is 15.4 Å². The molecular weight excluding hydrogens is 210 g/mol. The molecule has 0 bridgehead atoms. The van der Waals surface area contributed by atoms with E-state index in [1.807, 2.05) is 17.5 Å². The smallest absolute Gasteiger partial charge is 0.0592 e. The Bertz CT molecular complexity index is 436. The first-order valence-corrected chi connectivity index (χ1v) is 5.04. The molecule has 62 valence electrons. The summed E-state index contributed by atoms with van der Waals surface area (Å²) in [5.74, 6) is 0. The number of thiol groups is 1. The van der Waals surface area contributed by atoms with Crippen LogP contribution < -0.4 is 5.73 Å². The third kappa shape index (κ3) is 1.18. The fourth-order valence-electron chi connectivity index (χ4n) is 1.12. The van der Waals surface area contributed by atoms with Crippen molar-refractivity contribution < 1.29 is 0 Å². The maximum Gasteiger partial charge on any atom is 0.0592 e. The van der Waals surface area contributed by atoms with Gasteiger partial charge in [0.15, 0.2) is 0 Å². The summed E-state index contributed by atoms with van der Waals surface area (Å²) in [4.78, 5) is 0.848. The van der Waals surface area contributed by atoms with Gasteiger partial charge in [-0.1, -0.05) is 11.6 Å². The van der Waals surface area contributed by atoms with Crippen molar-refractivity contribution in [1.82, 2.24) is 0 Å². The van der Waals surface area contributed by atoms with Crippen LogP contribution in [-0.4, -0.2) is 0 Å². The Hall–Kier alpha value is -0.380. The average molecular weight is 216 g/mol. The van der Waals surface area contributed by atoms with Crippen molar-refractivity contribution in [3.63, 3.8) is 0 Å². The number of rotatable bonds is 0. The maximum absolute atomic E-state index is 5.94. The highest BCUT2D eigenvalue weighted by Crippen LogP contribution is 2.35. The second-order valence-electron chi connectivity index (χ2n) is 2.50. The Morgan fingerprint density at radius 2 is 2.17 bits per heavy atom. The molecule has 0 atom stereocenters. The number of anilines is 1. The molecule has 0 aliphatic carbocycles. The third-order valence-corrected chi connectivity index (χ3v) is 3.39. The van der Waals surface area contributed by atoms with Crippen molar-refractivity contribution in [2.45, 2.75) is 4.90 Å². The van der Waals surface area contributed by atoms with Crippen molar-refractivity contribution in [3.8, 4) is 0 Å². The number of nitrogens with two attached hydrogens (primary N) is 1. The Labute approximate surface area is 84.6 Å². The standard InChI is InChI=1S/C8H6ClNS2/c9-6-3-12-8-5(6)1-4(11)2-7(8)10/h1-3,11H,10H2. The molecule has 1 heterocycles. The summed E-state index contributed by atoms with van der Waals surface area (Å²) < 4.78 is 1.04. The Morgan fingerprint density at radius 1 is 1.42 bits per heavy atom. The van der Waals surface area contributed by atoms with Gasteiger partial charge in [-0.25, -0.2) is 0 Å². The minimum Gasteiger partial charge on any atom is -0.398 e. The molecule has 0 spiro atoms. The van der Waals surface area contributed by atoms with Crippen molar-refractivity contribution in [1.29, 1.82) is 0 Å². The zero-order chi connectivity index (χ0) is 8.72. The summed E-state index contributed by atoms with van der Waals surface area (Å²) in [6, 6.07) is 3.76. The van der Waals surface area contributed by atoms with Crippen LogP contribution in [0.15, 0.2) is 22.4 Å². The van der Waals surface area contributed by atoms with Gasteiger partial charge in [-0.2, -0.15) is 0 Å². The minimum absolute atomic E-state index is 0.745. The van der Waals surface area contributed by atoms with E-state index in [2.05, 4.69) is 12.6 Å². The molecule has 12 heavy (non-hydrogen) atoms. The van der Waals surface area contributed by atoms with Gasteiger partial charge < -0.3 is 5.73 Å². The summed E-state index contributed by atoms with van der Waals surface area (Å²) >= 11 is 11.7. The Morgan fingerprint density at radius 3 is 2.92 bits per heavy atom. The van der Waals surface area contributed by atoms with Gasteiger partial charge in [-0.3, -0.25) is 0 Å². The fourth-order valence-corrected chi connectivity index (χ4v) is 2.56. The molecule has 1 nitrogen and oxygen atoms in total. The van der Waals surface area contributed by atoms with Crippen LogP contribution in [0.2, 0.25) is 5.02 Å². The predicted octanol–water partition coefficient (Wildman–Crippen LogP) is 3.43. The van der Waals surface area contributed by atoms with Crippen LogP contribution in [0.4, 0.5) is 5.69 Å². The van der Waals surface area contributed by atoms with Gasteiger partial charge in [-0.05, 0) is 12.1 Å². The molecule has 0 saturated carbocycles. The topological polar surface area (TPSA) is 26.0 Å². The van der Waals surface area contributed by atoms with E-state index >= 15 is 0 Å². The van der Waals surface area contributed by atoms with Crippen molar-refractivity contribution in [3.05, 3.63) is 22.5 Å². The molecule has 2 rings (SSSR count). The lowest BCUT2D eigenvalue weighted by Gasteiger charge is -1.97. The molecule has 1 aromatic carbocycles. The molecule has 0 fully saturated rings. The number of benzene rings is 1. The van der Waals surface area contributed by atoms with Gasteiger partial charge >= 0.3 is 0 Å². The lowest BCUT2D eigenvalue weighted by Crippen LogP contribution is -1.83. The summed E-state index contributed by atoms with van der Waals surface area (Å²) in [5.41, 5.74) is 6.52. The number of fused-ring (bicyclic) bond motifs is 1. The van der Waals surface area contributed by atoms with E-state index in [0.29, 0.717) is 0 Å². The molecule has 0 saturated heterocycles. The number of hydrogen-bond acceptors (Lipinski definition) is 3. The summed E-state index contributed by atoms with van der Waals surface area (Å²) in [6.07, 6.45) is 0. The lowest BCUT2D eigenvalue weighted by atomic mass is 10.2. The number of thiophene rings is 1. The number of nitrogen functional groups attached to an aromatic ring is 1. The Kier molecular flexibility index (Phi) is 1.94. The van der Waals surface area contributed by atoms with Crippen LogP contribution in [0, 0.1) is 0 Å². The van der Waals surface area contributed by atoms with Gasteiger partial charge in [0, 0.05) is 15.7 Å². The van der Waals surface area contributed by atoms with E-state index in [0.717, 1.165) is 25.7 Å². The predicted molar refractivity (Wildman–Crippen MR) is 58.5 cm³/mol. The van der Waals surface area contributed by atoms with Gasteiger partial charge in [0.25, 0.3) is 0 Å². The average Bonchev–Trinajstić information content (AvgIpc) is 2.33. The van der Waals surface area contributed by atoms with E-state index in [9.17, 15) is 0 Å². The van der Waals surface area contributed by atoms with Gasteiger partial charge in [0.1, 0.15) is 0 Å². The lowest BCUT2D eigenvalue weighted by molar-refractivity contribution is 1.54.